The van der Waals surface area contributed by atoms with E-state index in [1.165, 1.54) is 0 Å². The third-order valence-corrected chi connectivity index (χ3v) is 5.03. The summed E-state index contributed by atoms with van der Waals surface area (Å²) in [6.45, 7) is 5.95. The molecule has 1 heterocycles. The van der Waals surface area contributed by atoms with Crippen LogP contribution in [0.2, 0.25) is 0 Å². The van der Waals surface area contributed by atoms with E-state index < -0.39 is 5.54 Å². The highest BCUT2D eigenvalue weighted by Gasteiger charge is 2.56. The Hall–Kier alpha value is -1.32. The maximum atomic E-state index is 13.1. The van der Waals surface area contributed by atoms with Gasteiger partial charge in [0.1, 0.15) is 11.6 Å². The van der Waals surface area contributed by atoms with E-state index in [9.17, 15) is 9.59 Å². The molecule has 2 fully saturated rings. The first kappa shape index (κ1) is 13.7. The first-order valence-electron chi connectivity index (χ1n) is 7.75. The molecule has 110 valence electrons. The molecule has 2 unspecified atom stereocenters. The van der Waals surface area contributed by atoms with Crippen LogP contribution in [0.3, 0.4) is 0 Å². The van der Waals surface area contributed by atoms with Crippen molar-refractivity contribution in [2.24, 2.45) is 11.8 Å². The van der Waals surface area contributed by atoms with Crippen LogP contribution in [-0.2, 0) is 9.59 Å². The maximum Gasteiger partial charge on any atom is 0.249 e. The Balaban J connectivity index is 1.94. The van der Waals surface area contributed by atoms with Gasteiger partial charge in [-0.1, -0.05) is 26.0 Å². The molecule has 1 saturated carbocycles. The lowest BCUT2D eigenvalue weighted by molar-refractivity contribution is -0.160. The molecule has 0 spiro atoms. The minimum Gasteiger partial charge on any atom is -0.340 e. The van der Waals surface area contributed by atoms with Crippen LogP contribution in [0.4, 0.5) is 0 Å². The van der Waals surface area contributed by atoms with E-state index in [0.29, 0.717) is 5.92 Å². The summed E-state index contributed by atoms with van der Waals surface area (Å²) in [4.78, 5) is 27.5. The van der Waals surface area contributed by atoms with Gasteiger partial charge in [0.05, 0.1) is 0 Å². The number of nitrogens with zero attached hydrogens (tertiary/aromatic N) is 1. The fraction of sp³-hybridized carbons (Fsp3) is 0.750. The average molecular weight is 276 g/mol. The zero-order valence-electron chi connectivity index (χ0n) is 12.6. The Labute approximate surface area is 120 Å². The number of carbonyl (C=O) groups excluding carboxylic acids is 2. The van der Waals surface area contributed by atoms with Crippen molar-refractivity contribution in [2.75, 3.05) is 0 Å². The van der Waals surface area contributed by atoms with Gasteiger partial charge in [0, 0.05) is 6.04 Å². The molecule has 3 aliphatic rings. The normalized spacial score (nSPS) is 35.0. The fourth-order valence-electron chi connectivity index (χ4n) is 3.69. The number of amides is 2. The Kier molecular flexibility index (Phi) is 3.14. The van der Waals surface area contributed by atoms with E-state index in [0.717, 1.165) is 25.7 Å². The Morgan fingerprint density at radius 1 is 1.25 bits per heavy atom. The lowest BCUT2D eigenvalue weighted by Gasteiger charge is -2.48. The molecule has 2 amide bonds. The first-order chi connectivity index (χ1) is 9.45. The Morgan fingerprint density at radius 2 is 1.85 bits per heavy atom. The third kappa shape index (κ3) is 1.97. The van der Waals surface area contributed by atoms with Crippen molar-refractivity contribution in [3.05, 3.63) is 12.2 Å². The van der Waals surface area contributed by atoms with Crippen molar-refractivity contribution in [2.45, 2.75) is 64.1 Å². The smallest absolute Gasteiger partial charge is 0.249 e. The largest absolute Gasteiger partial charge is 0.340 e. The summed E-state index contributed by atoms with van der Waals surface area (Å²) in [5.74, 6) is 0.625. The van der Waals surface area contributed by atoms with Crippen molar-refractivity contribution >= 4 is 11.8 Å². The summed E-state index contributed by atoms with van der Waals surface area (Å²) in [6, 6.07) is -0.154. The van der Waals surface area contributed by atoms with Gasteiger partial charge in [0.25, 0.3) is 0 Å². The molecule has 20 heavy (non-hydrogen) atoms. The van der Waals surface area contributed by atoms with Crippen LogP contribution in [0, 0.1) is 11.8 Å². The van der Waals surface area contributed by atoms with Gasteiger partial charge in [-0.15, -0.1) is 0 Å². The molecule has 4 heteroatoms. The predicted octanol–water partition coefficient (Wildman–Crippen LogP) is 1.86. The zero-order valence-corrected chi connectivity index (χ0v) is 12.6. The lowest BCUT2D eigenvalue weighted by Crippen LogP contribution is -2.72. The molecule has 2 atom stereocenters. The van der Waals surface area contributed by atoms with Crippen LogP contribution in [-0.4, -0.2) is 34.3 Å². The summed E-state index contributed by atoms with van der Waals surface area (Å²) in [6.07, 6.45) is 8.09. The van der Waals surface area contributed by atoms with Crippen molar-refractivity contribution < 1.29 is 9.59 Å². The van der Waals surface area contributed by atoms with Gasteiger partial charge in [-0.25, -0.2) is 0 Å². The SMILES string of the molecule is CC(C)C1C(=O)NC(C)(C2CC2)C(=O)N1C1CC=CC1. The number of hydrogen-bond acceptors (Lipinski definition) is 2. The summed E-state index contributed by atoms with van der Waals surface area (Å²) in [5, 5.41) is 3.04. The van der Waals surface area contributed by atoms with Gasteiger partial charge in [0.15, 0.2) is 0 Å². The van der Waals surface area contributed by atoms with Crippen LogP contribution in [0.25, 0.3) is 0 Å². The molecule has 4 nitrogen and oxygen atoms in total. The molecule has 1 saturated heterocycles. The Bertz CT molecular complexity index is 459. The van der Waals surface area contributed by atoms with Gasteiger partial charge in [0.2, 0.25) is 11.8 Å². The quantitative estimate of drug-likeness (QED) is 0.800. The van der Waals surface area contributed by atoms with Crippen molar-refractivity contribution in [3.8, 4) is 0 Å². The second-order valence-corrected chi connectivity index (χ2v) is 6.96. The zero-order chi connectivity index (χ0) is 14.5. The molecule has 1 N–H and O–H groups in total. The van der Waals surface area contributed by atoms with E-state index in [1.54, 1.807) is 0 Å². The van der Waals surface area contributed by atoms with Gasteiger partial charge in [-0.05, 0) is 44.4 Å². The number of nitrogens with one attached hydrogen (secondary N) is 1. The number of carbonyl (C=O) groups is 2. The molecular weight excluding hydrogens is 252 g/mol. The topological polar surface area (TPSA) is 49.4 Å². The highest BCUT2D eigenvalue weighted by Crippen LogP contribution is 2.43. The maximum absolute atomic E-state index is 13.1. The molecule has 0 aromatic heterocycles. The van der Waals surface area contributed by atoms with Crippen molar-refractivity contribution in [1.29, 1.82) is 0 Å². The predicted molar refractivity (Wildman–Crippen MR) is 76.9 cm³/mol. The van der Waals surface area contributed by atoms with Crippen molar-refractivity contribution in [1.82, 2.24) is 10.2 Å². The van der Waals surface area contributed by atoms with E-state index in [4.69, 9.17) is 0 Å². The van der Waals surface area contributed by atoms with Gasteiger partial charge >= 0.3 is 0 Å². The van der Waals surface area contributed by atoms with E-state index in [2.05, 4.69) is 17.5 Å². The van der Waals surface area contributed by atoms with E-state index >= 15 is 0 Å². The summed E-state index contributed by atoms with van der Waals surface area (Å²) < 4.78 is 0. The highest BCUT2D eigenvalue weighted by molar-refractivity contribution is 6.00. The molecule has 1 aliphatic heterocycles. The third-order valence-electron chi connectivity index (χ3n) is 5.03. The molecular formula is C16H24N2O2. The number of rotatable bonds is 3. The van der Waals surface area contributed by atoms with Crippen LogP contribution in [0.15, 0.2) is 12.2 Å². The molecule has 0 bridgehead atoms. The summed E-state index contributed by atoms with van der Waals surface area (Å²) >= 11 is 0. The summed E-state index contributed by atoms with van der Waals surface area (Å²) in [7, 11) is 0. The molecule has 0 aromatic carbocycles. The van der Waals surface area contributed by atoms with Crippen LogP contribution < -0.4 is 5.32 Å². The van der Waals surface area contributed by atoms with Crippen LogP contribution >= 0.6 is 0 Å². The molecule has 0 radical (unpaired) electrons. The monoisotopic (exact) mass is 276 g/mol. The second kappa shape index (κ2) is 4.61. The molecule has 3 rings (SSSR count). The van der Waals surface area contributed by atoms with E-state index in [1.807, 2.05) is 25.7 Å². The van der Waals surface area contributed by atoms with Crippen LogP contribution in [0.5, 0.6) is 0 Å². The second-order valence-electron chi connectivity index (χ2n) is 6.96. The summed E-state index contributed by atoms with van der Waals surface area (Å²) in [5.41, 5.74) is -0.676. The standard InChI is InChI=1S/C16H24N2O2/c1-10(2)13-14(19)17-16(3,11-8-9-11)15(20)18(13)12-6-4-5-7-12/h4-5,10-13H,6-9H2,1-3H3,(H,17,19). The number of hydrogen-bond donors (Lipinski definition) is 1. The minimum absolute atomic E-state index is 0.0286. The highest BCUT2D eigenvalue weighted by atomic mass is 16.2. The molecule has 2 aliphatic carbocycles. The average Bonchev–Trinajstić information content (AvgIpc) is 3.10. The van der Waals surface area contributed by atoms with E-state index in [-0.39, 0.29) is 29.8 Å². The van der Waals surface area contributed by atoms with Gasteiger partial charge < -0.3 is 10.2 Å². The van der Waals surface area contributed by atoms with Crippen LogP contribution in [0.1, 0.15) is 46.5 Å². The van der Waals surface area contributed by atoms with Gasteiger partial charge in [-0.2, -0.15) is 0 Å². The minimum atomic E-state index is -0.676. The first-order valence-corrected chi connectivity index (χ1v) is 7.75. The van der Waals surface area contributed by atoms with Gasteiger partial charge in [-0.3, -0.25) is 9.59 Å². The van der Waals surface area contributed by atoms with Crippen molar-refractivity contribution in [3.63, 3.8) is 0 Å². The lowest BCUT2D eigenvalue weighted by atomic mass is 9.85. The molecule has 0 aromatic rings. The fourth-order valence-corrected chi connectivity index (χ4v) is 3.69. The number of piperazine rings is 1. The Morgan fingerprint density at radius 3 is 2.35 bits per heavy atom.